The molecule has 0 bridgehead atoms. The lowest BCUT2D eigenvalue weighted by atomic mass is 9.97. The van der Waals surface area contributed by atoms with Crippen LogP contribution < -0.4 is 5.73 Å². The fourth-order valence-electron chi connectivity index (χ4n) is 1.17. The molecule has 5 heteroatoms. The molecule has 0 unspecified atom stereocenters. The van der Waals surface area contributed by atoms with Gasteiger partial charge >= 0.3 is 0 Å². The molecule has 2 N–H and O–H groups in total. The average molecular weight is 284 g/mol. The molecule has 0 fully saturated rings. The summed E-state index contributed by atoms with van der Waals surface area (Å²) in [4.78, 5) is 0.0582. The zero-order chi connectivity index (χ0) is 11.0. The van der Waals surface area contributed by atoms with E-state index in [0.29, 0.717) is 3.79 Å². The van der Waals surface area contributed by atoms with Gasteiger partial charge in [-0.2, -0.15) is 0 Å². The summed E-state index contributed by atoms with van der Waals surface area (Å²) in [6.45, 7) is 3.20. The van der Waals surface area contributed by atoms with Crippen LogP contribution in [0, 0.1) is 0 Å². The molecule has 0 aliphatic carbocycles. The molecular formula is C9H12BrF2NS. The summed E-state index contributed by atoms with van der Waals surface area (Å²) in [5, 5.41) is 0. The van der Waals surface area contributed by atoms with Crippen LogP contribution in [0.25, 0.3) is 0 Å². The predicted octanol–water partition coefficient (Wildman–Crippen LogP) is 3.73. The van der Waals surface area contributed by atoms with Gasteiger partial charge in [-0.25, -0.2) is 8.78 Å². The SMILES string of the molecule is CC(C)(N)CC(F)(F)c1ccc(Br)s1. The topological polar surface area (TPSA) is 26.0 Å². The van der Waals surface area contributed by atoms with E-state index in [-0.39, 0.29) is 11.3 Å². The maximum atomic E-state index is 13.6. The van der Waals surface area contributed by atoms with Gasteiger partial charge in [-0.15, -0.1) is 11.3 Å². The van der Waals surface area contributed by atoms with Crippen LogP contribution >= 0.6 is 27.3 Å². The molecule has 0 aliphatic rings. The molecule has 1 rings (SSSR count). The molecule has 80 valence electrons. The van der Waals surface area contributed by atoms with E-state index in [0.717, 1.165) is 11.3 Å². The molecule has 1 aromatic heterocycles. The number of rotatable bonds is 3. The molecule has 0 saturated carbocycles. The first-order valence-electron chi connectivity index (χ1n) is 4.13. The summed E-state index contributed by atoms with van der Waals surface area (Å²) in [6.07, 6.45) is -0.340. The van der Waals surface area contributed by atoms with Crippen LogP contribution in [0.4, 0.5) is 8.78 Å². The fourth-order valence-corrected chi connectivity index (χ4v) is 2.53. The number of thiophene rings is 1. The van der Waals surface area contributed by atoms with Crippen molar-refractivity contribution in [1.82, 2.24) is 0 Å². The van der Waals surface area contributed by atoms with Crippen molar-refractivity contribution in [1.29, 1.82) is 0 Å². The molecule has 1 aromatic rings. The van der Waals surface area contributed by atoms with Crippen molar-refractivity contribution in [2.24, 2.45) is 5.73 Å². The van der Waals surface area contributed by atoms with Crippen LogP contribution in [0.3, 0.4) is 0 Å². The number of hydrogen-bond donors (Lipinski definition) is 1. The number of hydrogen-bond acceptors (Lipinski definition) is 2. The van der Waals surface area contributed by atoms with Crippen LogP contribution in [0.1, 0.15) is 25.1 Å². The lowest BCUT2D eigenvalue weighted by Gasteiger charge is -2.24. The summed E-state index contributed by atoms with van der Waals surface area (Å²) in [5.74, 6) is -2.84. The zero-order valence-corrected chi connectivity index (χ0v) is 10.4. The van der Waals surface area contributed by atoms with E-state index in [2.05, 4.69) is 15.9 Å². The Morgan fingerprint density at radius 2 is 2.00 bits per heavy atom. The van der Waals surface area contributed by atoms with Crippen molar-refractivity contribution in [2.45, 2.75) is 31.7 Å². The maximum Gasteiger partial charge on any atom is 0.283 e. The minimum atomic E-state index is -2.84. The second-order valence-electron chi connectivity index (χ2n) is 3.97. The van der Waals surface area contributed by atoms with Gasteiger partial charge in [-0.3, -0.25) is 0 Å². The van der Waals surface area contributed by atoms with Crippen molar-refractivity contribution in [3.8, 4) is 0 Å². The van der Waals surface area contributed by atoms with E-state index in [9.17, 15) is 8.78 Å². The second kappa shape index (κ2) is 3.87. The first-order valence-corrected chi connectivity index (χ1v) is 5.74. The number of alkyl halides is 2. The maximum absolute atomic E-state index is 13.6. The lowest BCUT2D eigenvalue weighted by Crippen LogP contribution is -2.37. The van der Waals surface area contributed by atoms with E-state index in [4.69, 9.17) is 5.73 Å². The molecule has 14 heavy (non-hydrogen) atoms. The fraction of sp³-hybridized carbons (Fsp3) is 0.556. The Bertz CT molecular complexity index is 317. The van der Waals surface area contributed by atoms with Crippen LogP contribution in [-0.4, -0.2) is 5.54 Å². The third-order valence-electron chi connectivity index (χ3n) is 1.61. The van der Waals surface area contributed by atoms with E-state index < -0.39 is 11.5 Å². The van der Waals surface area contributed by atoms with Gasteiger partial charge in [-0.1, -0.05) is 0 Å². The lowest BCUT2D eigenvalue weighted by molar-refractivity contribution is -0.0259. The zero-order valence-electron chi connectivity index (χ0n) is 7.98. The third kappa shape index (κ3) is 3.29. The summed E-state index contributed by atoms with van der Waals surface area (Å²) in [6, 6.07) is 3.05. The molecular weight excluding hydrogens is 272 g/mol. The van der Waals surface area contributed by atoms with Crippen LogP contribution in [0.15, 0.2) is 15.9 Å². The Balaban J connectivity index is 2.85. The highest BCUT2D eigenvalue weighted by Crippen LogP contribution is 2.40. The van der Waals surface area contributed by atoms with Crippen molar-refractivity contribution in [3.63, 3.8) is 0 Å². The van der Waals surface area contributed by atoms with E-state index in [1.165, 1.54) is 6.07 Å². The Kier molecular flexibility index (Phi) is 3.33. The van der Waals surface area contributed by atoms with Gasteiger partial charge in [0.25, 0.3) is 5.92 Å². The van der Waals surface area contributed by atoms with Gasteiger partial charge in [0.2, 0.25) is 0 Å². The highest BCUT2D eigenvalue weighted by Gasteiger charge is 2.37. The van der Waals surface area contributed by atoms with Crippen molar-refractivity contribution < 1.29 is 8.78 Å². The van der Waals surface area contributed by atoms with Gasteiger partial charge in [0.1, 0.15) is 0 Å². The Labute approximate surface area is 94.4 Å². The molecule has 0 atom stereocenters. The summed E-state index contributed by atoms with van der Waals surface area (Å²) >= 11 is 4.20. The van der Waals surface area contributed by atoms with Crippen molar-refractivity contribution >= 4 is 27.3 Å². The normalized spacial score (nSPS) is 13.3. The molecule has 1 nitrogen and oxygen atoms in total. The highest BCUT2D eigenvalue weighted by molar-refractivity contribution is 9.11. The molecule has 0 spiro atoms. The average Bonchev–Trinajstić information content (AvgIpc) is 2.29. The summed E-state index contributed by atoms with van der Waals surface area (Å²) in [7, 11) is 0. The van der Waals surface area contributed by atoms with Gasteiger partial charge in [0.05, 0.1) is 8.66 Å². The molecule has 0 aromatic carbocycles. The Hall–Kier alpha value is -0.0000000000000000833. The predicted molar refractivity (Wildman–Crippen MR) is 58.8 cm³/mol. The molecule has 1 heterocycles. The molecule has 0 radical (unpaired) electrons. The van der Waals surface area contributed by atoms with E-state index in [1.807, 2.05) is 0 Å². The van der Waals surface area contributed by atoms with Crippen molar-refractivity contribution in [2.75, 3.05) is 0 Å². The smallest absolute Gasteiger partial charge is 0.283 e. The van der Waals surface area contributed by atoms with Crippen LogP contribution in [0.5, 0.6) is 0 Å². The van der Waals surface area contributed by atoms with Gasteiger partial charge < -0.3 is 5.73 Å². The van der Waals surface area contributed by atoms with Crippen molar-refractivity contribution in [3.05, 3.63) is 20.8 Å². The number of nitrogens with two attached hydrogens (primary N) is 1. The number of halogens is 3. The minimum absolute atomic E-state index is 0.0582. The highest BCUT2D eigenvalue weighted by atomic mass is 79.9. The minimum Gasteiger partial charge on any atom is -0.325 e. The van der Waals surface area contributed by atoms with Crippen LogP contribution in [-0.2, 0) is 5.92 Å². The largest absolute Gasteiger partial charge is 0.325 e. The summed E-state index contributed by atoms with van der Waals surface area (Å²) in [5.41, 5.74) is 4.72. The Morgan fingerprint density at radius 1 is 1.43 bits per heavy atom. The van der Waals surface area contributed by atoms with Gasteiger partial charge in [-0.05, 0) is 41.9 Å². The van der Waals surface area contributed by atoms with Crippen LogP contribution in [0.2, 0.25) is 0 Å². The first kappa shape index (κ1) is 12.1. The second-order valence-corrected chi connectivity index (χ2v) is 6.44. The monoisotopic (exact) mass is 283 g/mol. The third-order valence-corrected chi connectivity index (χ3v) is 3.35. The van der Waals surface area contributed by atoms with E-state index >= 15 is 0 Å². The Morgan fingerprint density at radius 3 is 2.36 bits per heavy atom. The van der Waals surface area contributed by atoms with E-state index in [1.54, 1.807) is 19.9 Å². The summed E-state index contributed by atoms with van der Waals surface area (Å²) < 4.78 is 27.9. The standard InChI is InChI=1S/C9H12BrF2NS/c1-8(2,13)5-9(11,12)6-3-4-7(10)14-6/h3-4H,5,13H2,1-2H3. The van der Waals surface area contributed by atoms with Gasteiger partial charge in [0, 0.05) is 12.0 Å². The first-order chi connectivity index (χ1) is 6.21. The molecule has 0 saturated heterocycles. The molecule has 0 amide bonds. The molecule has 0 aliphatic heterocycles. The quantitative estimate of drug-likeness (QED) is 0.899. The van der Waals surface area contributed by atoms with Gasteiger partial charge in [0.15, 0.2) is 0 Å².